The highest BCUT2D eigenvalue weighted by Gasteiger charge is 2.31. The second kappa shape index (κ2) is 10.6. The fourth-order valence-electron chi connectivity index (χ4n) is 6.05. The van der Waals surface area contributed by atoms with Crippen molar-refractivity contribution in [3.05, 3.63) is 91.4 Å². The number of rotatable bonds is 8. The van der Waals surface area contributed by atoms with Crippen LogP contribution in [0.25, 0.3) is 0 Å². The van der Waals surface area contributed by atoms with E-state index in [0.717, 1.165) is 71.4 Å². The van der Waals surface area contributed by atoms with Crippen molar-refractivity contribution in [3.8, 4) is 0 Å². The van der Waals surface area contributed by atoms with E-state index in [0.29, 0.717) is 18.5 Å². The van der Waals surface area contributed by atoms with E-state index in [-0.39, 0.29) is 17.5 Å². The first kappa shape index (κ1) is 25.8. The fourth-order valence-corrected chi connectivity index (χ4v) is 6.24. The summed E-state index contributed by atoms with van der Waals surface area (Å²) < 4.78 is 0. The first-order valence-corrected chi connectivity index (χ1v) is 14.2. The molecule has 8 heteroatoms. The Hall–Kier alpha value is -3.42. The summed E-state index contributed by atoms with van der Waals surface area (Å²) in [4.78, 5) is 38.3. The number of H-pyrrole nitrogens is 1. The van der Waals surface area contributed by atoms with Crippen molar-refractivity contribution < 1.29 is 4.79 Å². The Bertz CT molecular complexity index is 1520. The summed E-state index contributed by atoms with van der Waals surface area (Å²) in [5, 5.41) is 4.26. The van der Waals surface area contributed by atoms with Crippen molar-refractivity contribution in [2.75, 3.05) is 31.5 Å². The highest BCUT2D eigenvalue weighted by atomic mass is 35.5. The van der Waals surface area contributed by atoms with Gasteiger partial charge in [0.2, 0.25) is 0 Å². The van der Waals surface area contributed by atoms with E-state index >= 15 is 0 Å². The molecule has 0 aliphatic carbocycles. The molecule has 6 rings (SSSR count). The summed E-state index contributed by atoms with van der Waals surface area (Å²) in [6.45, 7) is 8.76. The van der Waals surface area contributed by atoms with Crippen molar-refractivity contribution in [1.29, 1.82) is 0 Å². The lowest BCUT2D eigenvalue weighted by atomic mass is 9.99. The lowest BCUT2D eigenvalue weighted by molar-refractivity contribution is 0.0763. The number of anilines is 1. The third-order valence-electron chi connectivity index (χ3n) is 8.17. The largest absolute Gasteiger partial charge is 0.382 e. The number of nitrogens with zero attached hydrogens (tertiary/aromatic N) is 3. The quantitative estimate of drug-likeness (QED) is 0.414. The Balaban J connectivity index is 1.20. The van der Waals surface area contributed by atoms with Gasteiger partial charge in [0.05, 0.1) is 22.6 Å². The van der Waals surface area contributed by atoms with Gasteiger partial charge in [-0.3, -0.25) is 14.6 Å². The smallest absolute Gasteiger partial charge is 0.259 e. The predicted octanol–water partition coefficient (Wildman–Crippen LogP) is 5.11. The first-order chi connectivity index (χ1) is 18.9. The second-order valence-electron chi connectivity index (χ2n) is 11.1. The summed E-state index contributed by atoms with van der Waals surface area (Å²) in [6.07, 6.45) is 5.46. The van der Waals surface area contributed by atoms with Crippen LogP contribution in [-0.2, 0) is 19.4 Å². The van der Waals surface area contributed by atoms with Crippen molar-refractivity contribution in [3.63, 3.8) is 0 Å². The molecular weight excluding hydrogens is 510 g/mol. The Morgan fingerprint density at radius 1 is 1.08 bits per heavy atom. The van der Waals surface area contributed by atoms with Crippen molar-refractivity contribution >= 4 is 34.6 Å². The molecule has 1 fully saturated rings. The van der Waals surface area contributed by atoms with Crippen LogP contribution in [0.1, 0.15) is 57.9 Å². The van der Waals surface area contributed by atoms with E-state index in [2.05, 4.69) is 29.0 Å². The van der Waals surface area contributed by atoms with Crippen LogP contribution in [0, 0.1) is 6.92 Å². The number of hydrogen-bond donors (Lipinski definition) is 2. The predicted molar refractivity (Wildman–Crippen MR) is 157 cm³/mol. The van der Waals surface area contributed by atoms with Gasteiger partial charge in [-0.25, -0.2) is 0 Å². The number of likely N-dealkylation sites (tertiary alicyclic amines) is 1. The number of amides is 1. The number of fused-ring (bicyclic) bond motifs is 2. The van der Waals surface area contributed by atoms with E-state index < -0.39 is 0 Å². The van der Waals surface area contributed by atoms with E-state index in [1.165, 1.54) is 24.0 Å². The number of carbonyl (C=O) groups is 1. The van der Waals surface area contributed by atoms with Gasteiger partial charge in [0.25, 0.3) is 11.5 Å². The number of aryl methyl sites for hydroxylation is 1. The van der Waals surface area contributed by atoms with Crippen LogP contribution >= 0.6 is 11.6 Å². The first-order valence-electron chi connectivity index (χ1n) is 13.8. The third-order valence-corrected chi connectivity index (χ3v) is 8.41. The molecule has 1 saturated heterocycles. The molecule has 7 nitrogen and oxygen atoms in total. The highest BCUT2D eigenvalue weighted by molar-refractivity contribution is 6.30. The van der Waals surface area contributed by atoms with Crippen LogP contribution in [-0.4, -0.2) is 58.6 Å². The number of aliphatic imine (C=N–C) groups is 1. The van der Waals surface area contributed by atoms with Crippen LogP contribution < -0.4 is 10.9 Å². The molecule has 39 heavy (non-hydrogen) atoms. The van der Waals surface area contributed by atoms with E-state index in [4.69, 9.17) is 16.6 Å². The molecule has 2 aromatic carbocycles. The molecule has 3 aliphatic heterocycles. The van der Waals surface area contributed by atoms with Gasteiger partial charge < -0.3 is 20.1 Å². The lowest BCUT2D eigenvalue weighted by Gasteiger charge is -2.20. The molecule has 1 aromatic heterocycles. The maximum atomic E-state index is 13.2. The van der Waals surface area contributed by atoms with Crippen LogP contribution in [0.15, 0.2) is 52.4 Å². The Morgan fingerprint density at radius 2 is 1.90 bits per heavy atom. The lowest BCUT2D eigenvalue weighted by Crippen LogP contribution is -2.33. The summed E-state index contributed by atoms with van der Waals surface area (Å²) in [5.41, 5.74) is 7.88. The molecule has 1 amide bonds. The molecule has 0 spiro atoms. The summed E-state index contributed by atoms with van der Waals surface area (Å²) in [5.74, 6) is 0.102. The van der Waals surface area contributed by atoms with Gasteiger partial charge >= 0.3 is 0 Å². The van der Waals surface area contributed by atoms with Crippen molar-refractivity contribution in [1.82, 2.24) is 14.8 Å². The Labute approximate surface area is 233 Å². The van der Waals surface area contributed by atoms with Gasteiger partial charge in [0, 0.05) is 48.9 Å². The molecule has 3 aliphatic rings. The number of benzene rings is 2. The average Bonchev–Trinajstić information content (AvgIpc) is 3.63. The maximum absolute atomic E-state index is 13.2. The SMILES string of the molecule is Cc1ccc(Cl)cc1C[C@H](C)Nc1cc[nH]c(=O)c1C1=Nc2cc3c(cc2C1)C(=O)N(CCN1CCCC1)C3. The molecule has 2 N–H and O–H groups in total. The molecule has 3 aromatic rings. The molecule has 0 bridgehead atoms. The van der Waals surface area contributed by atoms with Gasteiger partial charge in [0.1, 0.15) is 0 Å². The molecule has 0 radical (unpaired) electrons. The standard InChI is InChI=1S/C31H34ClN5O2/c1-19-5-6-24(32)14-21(19)13-20(2)34-26-7-8-33-30(38)29(26)28-16-22-15-25-23(17-27(22)35-28)18-37(31(25)39)12-11-36-9-3-4-10-36/h5-8,14-15,17,20H,3-4,9-13,16,18H2,1-2H3,(H2,33,34,38)/t20-/m0/s1. The number of pyridine rings is 1. The van der Waals surface area contributed by atoms with Crippen LogP contribution in [0.3, 0.4) is 0 Å². The summed E-state index contributed by atoms with van der Waals surface area (Å²) in [7, 11) is 0. The summed E-state index contributed by atoms with van der Waals surface area (Å²) >= 11 is 6.23. The molecule has 4 heterocycles. The van der Waals surface area contributed by atoms with Crippen LogP contribution in [0.4, 0.5) is 11.4 Å². The van der Waals surface area contributed by atoms with E-state index in [1.807, 2.05) is 41.3 Å². The van der Waals surface area contributed by atoms with Gasteiger partial charge in [-0.2, -0.15) is 0 Å². The minimum Gasteiger partial charge on any atom is -0.382 e. The zero-order valence-corrected chi connectivity index (χ0v) is 23.3. The number of halogens is 1. The molecule has 202 valence electrons. The van der Waals surface area contributed by atoms with Crippen LogP contribution in [0.5, 0.6) is 0 Å². The van der Waals surface area contributed by atoms with Gasteiger partial charge in [0.15, 0.2) is 0 Å². The number of aromatic nitrogens is 1. The number of carbonyl (C=O) groups excluding carboxylic acids is 1. The monoisotopic (exact) mass is 543 g/mol. The topological polar surface area (TPSA) is 80.8 Å². The highest BCUT2D eigenvalue weighted by Crippen LogP contribution is 2.36. The van der Waals surface area contributed by atoms with Gasteiger partial charge in [-0.15, -0.1) is 0 Å². The third kappa shape index (κ3) is 5.25. The van der Waals surface area contributed by atoms with Crippen molar-refractivity contribution in [2.24, 2.45) is 4.99 Å². The number of nitrogens with one attached hydrogen (secondary N) is 2. The fraction of sp³-hybridized carbons (Fsp3) is 0.387. The molecular formula is C31H34ClN5O2. The minimum atomic E-state index is -0.172. The Kier molecular flexibility index (Phi) is 7.04. The normalized spacial score (nSPS) is 17.4. The molecule has 1 atom stereocenters. The van der Waals surface area contributed by atoms with E-state index in [1.54, 1.807) is 6.20 Å². The number of hydrogen-bond acceptors (Lipinski definition) is 5. The minimum absolute atomic E-state index is 0.0695. The maximum Gasteiger partial charge on any atom is 0.259 e. The zero-order chi connectivity index (χ0) is 27.1. The van der Waals surface area contributed by atoms with Gasteiger partial charge in [-0.05, 0) is 98.8 Å². The van der Waals surface area contributed by atoms with E-state index in [9.17, 15) is 9.59 Å². The average molecular weight is 544 g/mol. The second-order valence-corrected chi connectivity index (χ2v) is 11.5. The molecule has 0 saturated carbocycles. The van der Waals surface area contributed by atoms with Crippen LogP contribution in [0.2, 0.25) is 5.02 Å². The van der Waals surface area contributed by atoms with Gasteiger partial charge in [-0.1, -0.05) is 17.7 Å². The Morgan fingerprint density at radius 3 is 2.72 bits per heavy atom. The number of aromatic amines is 1. The van der Waals surface area contributed by atoms with Crippen molar-refractivity contribution in [2.45, 2.75) is 52.1 Å². The summed E-state index contributed by atoms with van der Waals surface area (Å²) in [6, 6.07) is 11.9. The molecule has 0 unspecified atom stereocenters. The zero-order valence-electron chi connectivity index (χ0n) is 22.5.